The van der Waals surface area contributed by atoms with Gasteiger partial charge in [0.1, 0.15) is 5.01 Å². The first-order chi connectivity index (χ1) is 15.3. The zero-order valence-electron chi connectivity index (χ0n) is 16.9. The van der Waals surface area contributed by atoms with Gasteiger partial charge in [-0.15, -0.1) is 10.2 Å². The van der Waals surface area contributed by atoms with Crippen LogP contribution in [0.25, 0.3) is 0 Å². The van der Waals surface area contributed by atoms with Crippen LogP contribution in [0.5, 0.6) is 0 Å². The van der Waals surface area contributed by atoms with E-state index >= 15 is 0 Å². The number of hydrogen-bond donors (Lipinski definition) is 1. The average Bonchev–Trinajstić information content (AvgIpc) is 3.28. The van der Waals surface area contributed by atoms with Gasteiger partial charge in [0.2, 0.25) is 5.01 Å². The van der Waals surface area contributed by atoms with Gasteiger partial charge in [0.05, 0.1) is 6.54 Å². The largest absolute Gasteiger partial charge is 0.320 e. The quantitative estimate of drug-likeness (QED) is 0.491. The van der Waals surface area contributed by atoms with E-state index in [0.29, 0.717) is 17.5 Å². The number of hydrogen-bond acceptors (Lipinski definition) is 5. The van der Waals surface area contributed by atoms with Crippen LogP contribution in [0, 0.1) is 0 Å². The van der Waals surface area contributed by atoms with E-state index < -0.39 is 0 Å². The fourth-order valence-corrected chi connectivity index (χ4v) is 4.85. The number of benzene rings is 3. The Balaban J connectivity index is 1.32. The van der Waals surface area contributed by atoms with Crippen molar-refractivity contribution in [3.63, 3.8) is 0 Å². The van der Waals surface area contributed by atoms with Gasteiger partial charge in [-0.1, -0.05) is 84.1 Å². The van der Waals surface area contributed by atoms with Crippen LogP contribution in [0.1, 0.15) is 37.4 Å². The molecule has 154 valence electrons. The molecule has 1 aliphatic rings. The number of fused-ring (bicyclic) bond motifs is 1. The van der Waals surface area contributed by atoms with Crippen molar-refractivity contribution < 1.29 is 4.79 Å². The number of amides is 1. The van der Waals surface area contributed by atoms with Gasteiger partial charge in [-0.2, -0.15) is 0 Å². The minimum atomic E-state index is -0.221. The molecule has 5 rings (SSSR count). The Kier molecular flexibility index (Phi) is 5.56. The highest BCUT2D eigenvalue weighted by molar-refractivity contribution is 7.13. The minimum Gasteiger partial charge on any atom is -0.320 e. The van der Waals surface area contributed by atoms with E-state index in [9.17, 15) is 4.79 Å². The molecule has 0 radical (unpaired) electrons. The number of nitrogens with one attached hydrogen (secondary N) is 1. The smallest absolute Gasteiger partial charge is 0.286 e. The lowest BCUT2D eigenvalue weighted by Crippen LogP contribution is -2.33. The molecular weight excluding hydrogens is 404 g/mol. The van der Waals surface area contributed by atoms with E-state index in [1.165, 1.54) is 28.0 Å². The van der Waals surface area contributed by atoms with Crippen LogP contribution < -0.4 is 5.32 Å². The monoisotopic (exact) mass is 426 g/mol. The van der Waals surface area contributed by atoms with Gasteiger partial charge in [0.15, 0.2) is 0 Å². The molecule has 5 nitrogen and oxygen atoms in total. The van der Waals surface area contributed by atoms with E-state index in [1.54, 1.807) is 0 Å². The van der Waals surface area contributed by atoms with Gasteiger partial charge in [-0.3, -0.25) is 9.69 Å². The van der Waals surface area contributed by atoms with Crippen LogP contribution in [0.4, 0.5) is 5.69 Å². The van der Waals surface area contributed by atoms with Crippen molar-refractivity contribution >= 4 is 22.9 Å². The van der Waals surface area contributed by atoms with Gasteiger partial charge in [0, 0.05) is 24.7 Å². The molecule has 1 aliphatic heterocycles. The SMILES string of the molecule is O=C(Nc1ccccc1)c1nnc(CN2Cc3ccccc3C(c3ccccc3)C2)s1. The molecule has 0 fully saturated rings. The van der Waals surface area contributed by atoms with Crippen molar-refractivity contribution in [2.24, 2.45) is 0 Å². The van der Waals surface area contributed by atoms with Gasteiger partial charge in [-0.25, -0.2) is 0 Å². The molecule has 1 amide bonds. The summed E-state index contributed by atoms with van der Waals surface area (Å²) in [5.41, 5.74) is 4.81. The Morgan fingerprint density at radius 2 is 1.65 bits per heavy atom. The second-order valence-electron chi connectivity index (χ2n) is 7.65. The maximum absolute atomic E-state index is 12.5. The summed E-state index contributed by atoms with van der Waals surface area (Å²) in [5, 5.41) is 12.5. The number of carbonyl (C=O) groups is 1. The van der Waals surface area contributed by atoms with Gasteiger partial charge in [0.25, 0.3) is 5.91 Å². The molecule has 2 heterocycles. The summed E-state index contributed by atoms with van der Waals surface area (Å²) < 4.78 is 0. The Hall–Kier alpha value is -3.35. The van der Waals surface area contributed by atoms with Gasteiger partial charge < -0.3 is 5.32 Å². The minimum absolute atomic E-state index is 0.221. The van der Waals surface area contributed by atoms with E-state index in [1.807, 2.05) is 30.3 Å². The van der Waals surface area contributed by atoms with Crippen LogP contribution in [-0.2, 0) is 13.1 Å². The topological polar surface area (TPSA) is 58.1 Å². The van der Waals surface area contributed by atoms with E-state index in [0.717, 1.165) is 23.8 Å². The number of nitrogens with zero attached hydrogens (tertiary/aromatic N) is 3. The third-order valence-corrected chi connectivity index (χ3v) is 6.43. The first-order valence-corrected chi connectivity index (χ1v) is 11.1. The Labute approximate surface area is 185 Å². The predicted octanol–water partition coefficient (Wildman–Crippen LogP) is 4.94. The summed E-state index contributed by atoms with van der Waals surface area (Å²) in [6.07, 6.45) is 0. The normalized spacial score (nSPS) is 15.9. The number of carbonyl (C=O) groups excluding carboxylic acids is 1. The third kappa shape index (κ3) is 4.40. The number of anilines is 1. The summed E-state index contributed by atoms with van der Waals surface area (Å²) >= 11 is 1.36. The van der Waals surface area contributed by atoms with Crippen LogP contribution in [0.2, 0.25) is 0 Å². The Morgan fingerprint density at radius 3 is 2.45 bits per heavy atom. The van der Waals surface area contributed by atoms with Crippen molar-refractivity contribution in [3.8, 4) is 0 Å². The van der Waals surface area contributed by atoms with Crippen LogP contribution in [0.15, 0.2) is 84.9 Å². The first kappa shape index (κ1) is 19.6. The van der Waals surface area contributed by atoms with Crippen molar-refractivity contribution in [1.82, 2.24) is 15.1 Å². The fourth-order valence-electron chi connectivity index (χ4n) is 4.08. The van der Waals surface area contributed by atoms with Crippen molar-refractivity contribution in [1.29, 1.82) is 0 Å². The molecule has 1 N–H and O–H groups in total. The molecule has 4 aromatic rings. The van der Waals surface area contributed by atoms with E-state index in [-0.39, 0.29) is 5.91 Å². The summed E-state index contributed by atoms with van der Waals surface area (Å²) in [5.74, 6) is 0.0982. The highest BCUT2D eigenvalue weighted by atomic mass is 32.1. The van der Waals surface area contributed by atoms with Gasteiger partial charge >= 0.3 is 0 Å². The molecule has 0 spiro atoms. The molecule has 3 aromatic carbocycles. The number of para-hydroxylation sites is 1. The van der Waals surface area contributed by atoms with Crippen LogP contribution in [0.3, 0.4) is 0 Å². The zero-order chi connectivity index (χ0) is 21.0. The zero-order valence-corrected chi connectivity index (χ0v) is 17.8. The standard InChI is InChI=1S/C25H22N4OS/c30-24(26-20-12-5-2-6-13-20)25-28-27-23(31-25)17-29-15-19-11-7-8-14-21(19)22(16-29)18-9-3-1-4-10-18/h1-14,22H,15-17H2,(H,26,30). The van der Waals surface area contributed by atoms with Crippen LogP contribution >= 0.6 is 11.3 Å². The summed E-state index contributed by atoms with van der Waals surface area (Å²) in [6, 6.07) is 28.7. The maximum atomic E-state index is 12.5. The molecular formula is C25H22N4OS. The molecule has 1 unspecified atom stereocenters. The second kappa shape index (κ2) is 8.79. The molecule has 31 heavy (non-hydrogen) atoms. The lowest BCUT2D eigenvalue weighted by Gasteiger charge is -2.34. The summed E-state index contributed by atoms with van der Waals surface area (Å²) in [4.78, 5) is 14.9. The Morgan fingerprint density at radius 1 is 0.935 bits per heavy atom. The van der Waals surface area contributed by atoms with Gasteiger partial charge in [-0.05, 0) is 28.8 Å². The first-order valence-electron chi connectivity index (χ1n) is 10.3. The summed E-state index contributed by atoms with van der Waals surface area (Å²) in [6.45, 7) is 2.45. The molecule has 0 saturated heterocycles. The van der Waals surface area contributed by atoms with Crippen molar-refractivity contribution in [2.75, 3.05) is 11.9 Å². The van der Waals surface area contributed by atoms with E-state index in [4.69, 9.17) is 0 Å². The third-order valence-electron chi connectivity index (χ3n) is 5.52. The van der Waals surface area contributed by atoms with E-state index in [2.05, 4.69) is 75.0 Å². The second-order valence-corrected chi connectivity index (χ2v) is 8.71. The predicted molar refractivity (Wildman–Crippen MR) is 123 cm³/mol. The fraction of sp³-hybridized carbons (Fsp3) is 0.160. The molecule has 0 aliphatic carbocycles. The van der Waals surface area contributed by atoms with Crippen molar-refractivity contribution in [2.45, 2.75) is 19.0 Å². The molecule has 6 heteroatoms. The lowest BCUT2D eigenvalue weighted by molar-refractivity contribution is 0.102. The number of aromatic nitrogens is 2. The lowest BCUT2D eigenvalue weighted by atomic mass is 9.85. The average molecular weight is 427 g/mol. The molecule has 0 bridgehead atoms. The van der Waals surface area contributed by atoms with Crippen LogP contribution in [-0.4, -0.2) is 27.5 Å². The highest BCUT2D eigenvalue weighted by Gasteiger charge is 2.27. The highest BCUT2D eigenvalue weighted by Crippen LogP contribution is 2.34. The Bertz CT molecular complexity index is 1180. The van der Waals surface area contributed by atoms with Crippen molar-refractivity contribution in [3.05, 3.63) is 112 Å². The number of rotatable bonds is 5. The molecule has 0 saturated carbocycles. The molecule has 1 aromatic heterocycles. The maximum Gasteiger partial charge on any atom is 0.286 e. The molecule has 1 atom stereocenters. The summed E-state index contributed by atoms with van der Waals surface area (Å²) in [7, 11) is 0.